The van der Waals surface area contributed by atoms with Crippen LogP contribution >= 0.6 is 0 Å². The lowest BCUT2D eigenvalue weighted by Crippen LogP contribution is -2.01. The molecule has 2 amide bonds. The summed E-state index contributed by atoms with van der Waals surface area (Å²) in [7, 11) is 0. The number of fused-ring (bicyclic) bond motifs is 2. The zero-order valence-corrected chi connectivity index (χ0v) is 15.1. The molecule has 0 unspecified atom stereocenters. The molecule has 2 aromatic carbocycles. The van der Waals surface area contributed by atoms with Gasteiger partial charge in [-0.05, 0) is 30.3 Å². The molecule has 2 heterocycles. The monoisotopic (exact) mass is 385 g/mol. The predicted octanol–water partition coefficient (Wildman–Crippen LogP) is 2.86. The van der Waals surface area contributed by atoms with Gasteiger partial charge in [-0.3, -0.25) is 9.59 Å². The van der Waals surface area contributed by atoms with E-state index in [9.17, 15) is 9.59 Å². The first-order valence-electron chi connectivity index (χ1n) is 8.75. The molecule has 1 aliphatic heterocycles. The molecule has 0 aliphatic carbocycles. The zero-order chi connectivity index (χ0) is 20.1. The van der Waals surface area contributed by atoms with Crippen molar-refractivity contribution in [2.24, 2.45) is 9.98 Å². The Morgan fingerprint density at radius 1 is 0.931 bits per heavy atom. The third-order valence-corrected chi connectivity index (χ3v) is 4.06. The summed E-state index contributed by atoms with van der Waals surface area (Å²) in [6.45, 7) is 0.165. The highest BCUT2D eigenvalue weighted by Crippen LogP contribution is 2.27. The average Bonchev–Trinajstić information content (AvgIpc) is 2.74. The minimum absolute atomic E-state index is 0.165. The van der Waals surface area contributed by atoms with E-state index in [0.717, 1.165) is 17.1 Å². The number of benzene rings is 2. The summed E-state index contributed by atoms with van der Waals surface area (Å²) in [6, 6.07) is 12.8. The van der Waals surface area contributed by atoms with Crippen LogP contribution in [0, 0.1) is 0 Å². The Morgan fingerprint density at radius 2 is 1.79 bits per heavy atom. The number of carbonyl (C=O) groups excluding carboxylic acids is 2. The van der Waals surface area contributed by atoms with Crippen molar-refractivity contribution in [2.45, 2.75) is 0 Å². The molecule has 0 atom stereocenters. The van der Waals surface area contributed by atoms with E-state index in [1.54, 1.807) is 12.1 Å². The van der Waals surface area contributed by atoms with Gasteiger partial charge in [0, 0.05) is 28.9 Å². The van der Waals surface area contributed by atoms with Crippen LogP contribution in [-0.2, 0) is 9.59 Å². The van der Waals surface area contributed by atoms with Gasteiger partial charge in [-0.25, -0.2) is 20.0 Å². The molecule has 8 heteroatoms. The first-order valence-corrected chi connectivity index (χ1v) is 8.75. The molecular weight excluding hydrogens is 370 g/mol. The van der Waals surface area contributed by atoms with Gasteiger partial charge in [-0.15, -0.1) is 0 Å². The molecule has 142 valence electrons. The van der Waals surface area contributed by atoms with Gasteiger partial charge >= 0.3 is 0 Å². The van der Waals surface area contributed by atoms with Crippen LogP contribution in [0.1, 0.15) is 5.56 Å². The van der Waals surface area contributed by atoms with E-state index >= 15 is 0 Å². The molecule has 1 aliphatic rings. The molecule has 29 heavy (non-hydrogen) atoms. The number of aliphatic imine (C=N–C) groups is 2. The highest BCUT2D eigenvalue weighted by Gasteiger charge is 2.08. The second-order valence-electron chi connectivity index (χ2n) is 6.02. The number of para-hydroxylation sites is 1. The Hall–Kier alpha value is -4.20. The Kier molecular flexibility index (Phi) is 5.15. The minimum atomic E-state index is -0.641. The molecule has 0 radical (unpaired) electrons. The van der Waals surface area contributed by atoms with E-state index in [4.69, 9.17) is 4.74 Å². The van der Waals surface area contributed by atoms with Crippen molar-refractivity contribution in [3.8, 4) is 5.75 Å². The number of rotatable bonds is 0. The summed E-state index contributed by atoms with van der Waals surface area (Å²) in [4.78, 5) is 39.6. The zero-order valence-electron chi connectivity index (χ0n) is 15.1. The molecule has 0 fully saturated rings. The van der Waals surface area contributed by atoms with Crippen LogP contribution in [0.25, 0.3) is 10.9 Å². The Balaban J connectivity index is 1.81. The molecule has 4 rings (SSSR count). The van der Waals surface area contributed by atoms with Crippen LogP contribution in [0.5, 0.6) is 5.75 Å². The molecule has 0 saturated heterocycles. The van der Waals surface area contributed by atoms with Gasteiger partial charge in [0.05, 0.1) is 11.7 Å². The maximum atomic E-state index is 11.9. The van der Waals surface area contributed by atoms with E-state index in [0.29, 0.717) is 22.8 Å². The highest BCUT2D eigenvalue weighted by molar-refractivity contribution is 6.30. The van der Waals surface area contributed by atoms with Crippen molar-refractivity contribution < 1.29 is 14.3 Å². The normalized spacial score (nSPS) is 15.4. The van der Waals surface area contributed by atoms with Crippen molar-refractivity contribution in [1.82, 2.24) is 9.97 Å². The fraction of sp³-hybridized carbons (Fsp3) is 0.0476. The fourth-order valence-corrected chi connectivity index (χ4v) is 2.70. The number of aromatic nitrogens is 2. The quantitative estimate of drug-likeness (QED) is 0.638. The van der Waals surface area contributed by atoms with Gasteiger partial charge in [-0.2, -0.15) is 0 Å². The van der Waals surface area contributed by atoms with E-state index in [2.05, 4.69) is 25.3 Å². The molecule has 3 aromatic rings. The van der Waals surface area contributed by atoms with Gasteiger partial charge in [0.2, 0.25) is 0 Å². The molecule has 1 aromatic heterocycles. The maximum absolute atomic E-state index is 11.9. The summed E-state index contributed by atoms with van der Waals surface area (Å²) < 4.78 is 5.67. The number of nitrogens with zero attached hydrogens (tertiary/aromatic N) is 4. The molecule has 8 nitrogen and oxygen atoms in total. The van der Waals surface area contributed by atoms with Crippen LogP contribution in [0.2, 0.25) is 0 Å². The highest BCUT2D eigenvalue weighted by atomic mass is 16.5. The SMILES string of the molecule is O=C1C=NC(=O)/C=C\COc2ccc3ncnc(c3c2)Nc2ccccc2C=N1. The minimum Gasteiger partial charge on any atom is -0.490 e. The second-order valence-corrected chi connectivity index (χ2v) is 6.02. The van der Waals surface area contributed by atoms with Gasteiger partial charge in [-0.1, -0.05) is 18.2 Å². The lowest BCUT2D eigenvalue weighted by Gasteiger charge is -2.11. The Bertz CT molecular complexity index is 1180. The van der Waals surface area contributed by atoms with Crippen molar-refractivity contribution in [3.05, 3.63) is 66.5 Å². The summed E-state index contributed by atoms with van der Waals surface area (Å²) in [5, 5.41) is 4.03. The smallest absolute Gasteiger partial charge is 0.288 e. The standard InChI is InChI=1S/C21H15N5O3/c27-19-6-3-9-29-15-7-8-18-16(10-15)21(25-13-24-18)26-17-5-2-1-4-14(17)11-22-20(28)12-23-19/h1-8,10-13H,9H2,(H,24,25,26)/b6-3-,22-11?,23-12?. The number of amides is 2. The van der Waals surface area contributed by atoms with Crippen molar-refractivity contribution in [1.29, 1.82) is 0 Å². The van der Waals surface area contributed by atoms with Crippen molar-refractivity contribution in [2.75, 3.05) is 11.9 Å². The van der Waals surface area contributed by atoms with Gasteiger partial charge < -0.3 is 10.1 Å². The number of nitrogens with one attached hydrogen (secondary N) is 1. The Morgan fingerprint density at radius 3 is 2.72 bits per heavy atom. The van der Waals surface area contributed by atoms with Gasteiger partial charge in [0.1, 0.15) is 24.5 Å². The van der Waals surface area contributed by atoms with Crippen molar-refractivity contribution >= 4 is 46.7 Å². The van der Waals surface area contributed by atoms with Crippen LogP contribution < -0.4 is 10.1 Å². The van der Waals surface area contributed by atoms with E-state index in [-0.39, 0.29) is 6.61 Å². The molecule has 0 spiro atoms. The first kappa shape index (κ1) is 18.2. The van der Waals surface area contributed by atoms with E-state index in [1.165, 1.54) is 24.7 Å². The van der Waals surface area contributed by atoms with Crippen molar-refractivity contribution in [3.63, 3.8) is 0 Å². The second kappa shape index (κ2) is 8.22. The van der Waals surface area contributed by atoms with Crippen LogP contribution in [0.4, 0.5) is 11.5 Å². The third kappa shape index (κ3) is 4.38. The largest absolute Gasteiger partial charge is 0.490 e. The molecule has 1 N–H and O–H groups in total. The summed E-state index contributed by atoms with van der Waals surface area (Å²) in [5.74, 6) is -0.0227. The van der Waals surface area contributed by atoms with E-state index < -0.39 is 11.8 Å². The van der Waals surface area contributed by atoms with Gasteiger partial charge in [0.25, 0.3) is 11.8 Å². The summed E-state index contributed by atoms with van der Waals surface area (Å²) >= 11 is 0. The molecule has 2 bridgehead atoms. The number of hydrogen-bond acceptors (Lipinski definition) is 6. The molecule has 0 saturated carbocycles. The number of carbonyl (C=O) groups is 2. The number of ether oxygens (including phenoxy) is 1. The third-order valence-electron chi connectivity index (χ3n) is 4.06. The lowest BCUT2D eigenvalue weighted by molar-refractivity contribution is -0.114. The predicted molar refractivity (Wildman–Crippen MR) is 110 cm³/mol. The Labute approximate surface area is 165 Å². The lowest BCUT2D eigenvalue weighted by atomic mass is 10.1. The number of anilines is 2. The van der Waals surface area contributed by atoms with Gasteiger partial charge in [0.15, 0.2) is 0 Å². The average molecular weight is 385 g/mol. The van der Waals surface area contributed by atoms with Crippen LogP contribution in [0.3, 0.4) is 0 Å². The van der Waals surface area contributed by atoms with E-state index in [1.807, 2.05) is 30.3 Å². The molecular formula is C21H15N5O3. The first-order chi connectivity index (χ1) is 14.2. The topological polar surface area (TPSA) is 106 Å². The maximum Gasteiger partial charge on any atom is 0.288 e. The van der Waals surface area contributed by atoms with Crippen LogP contribution in [-0.4, -0.2) is 40.8 Å². The summed E-state index contributed by atoms with van der Waals surface area (Å²) in [6.07, 6.45) is 6.52. The van der Waals surface area contributed by atoms with Crippen LogP contribution in [0.15, 0.2) is 70.9 Å². The number of hydrogen-bond donors (Lipinski definition) is 1. The summed E-state index contributed by atoms with van der Waals surface area (Å²) in [5.41, 5.74) is 2.12. The fourth-order valence-electron chi connectivity index (χ4n) is 2.70.